The third-order valence-electron chi connectivity index (χ3n) is 1.62. The number of methoxy groups -OCH3 is 1. The van der Waals surface area contributed by atoms with Crippen molar-refractivity contribution < 1.29 is 4.74 Å². The molecule has 13 heavy (non-hydrogen) atoms. The smallest absolute Gasteiger partial charge is 0.325 e. The average molecular weight is 296 g/mol. The Labute approximate surface area is 87.7 Å². The van der Waals surface area contributed by atoms with E-state index in [-0.39, 0.29) is 6.10 Å². The van der Waals surface area contributed by atoms with Crippen molar-refractivity contribution in [1.82, 2.24) is 9.97 Å². The molecule has 1 heterocycles. The fourth-order valence-electron chi connectivity index (χ4n) is 0.932. The highest BCUT2D eigenvalue weighted by molar-refractivity contribution is 14.1. The highest BCUT2D eigenvalue weighted by Crippen LogP contribution is 2.13. The Morgan fingerprint density at radius 3 is 2.77 bits per heavy atom. The molecule has 0 fully saturated rings. The molecule has 0 saturated heterocycles. The second kappa shape index (κ2) is 4.56. The minimum Gasteiger partial charge on any atom is -0.376 e. The first-order valence-electron chi connectivity index (χ1n) is 3.59. The van der Waals surface area contributed by atoms with Gasteiger partial charge in [0.15, 0.2) is 0 Å². The molecule has 0 amide bonds. The number of hydrogen-bond acceptors (Lipinski definition) is 3. The summed E-state index contributed by atoms with van der Waals surface area (Å²) in [5.74, 6) is 0. The Bertz CT molecular complexity index is 380. The lowest BCUT2D eigenvalue weighted by atomic mass is 10.2. The van der Waals surface area contributed by atoms with Crippen LogP contribution in [0.1, 0.15) is 11.7 Å². The molecule has 0 aliphatic heterocycles. The molecule has 0 saturated carbocycles. The Morgan fingerprint density at radius 1 is 1.62 bits per heavy atom. The van der Waals surface area contributed by atoms with Gasteiger partial charge < -0.3 is 9.72 Å². The largest absolute Gasteiger partial charge is 0.376 e. The van der Waals surface area contributed by atoms with Crippen LogP contribution in [0.5, 0.6) is 0 Å². The molecule has 0 bridgehead atoms. The number of rotatable bonds is 3. The maximum atomic E-state index is 11.2. The van der Waals surface area contributed by atoms with Gasteiger partial charge in [0.2, 0.25) is 0 Å². The zero-order valence-electron chi connectivity index (χ0n) is 6.96. The van der Waals surface area contributed by atoms with Gasteiger partial charge in [-0.1, -0.05) is 22.6 Å². The van der Waals surface area contributed by atoms with Crippen molar-refractivity contribution in [3.05, 3.63) is 32.6 Å². The number of aromatic amines is 2. The molecule has 0 aliphatic carbocycles. The molecule has 0 radical (unpaired) electrons. The predicted molar refractivity (Wildman–Crippen MR) is 56.3 cm³/mol. The van der Waals surface area contributed by atoms with Crippen LogP contribution in [0.2, 0.25) is 0 Å². The molecule has 6 heteroatoms. The topological polar surface area (TPSA) is 75.0 Å². The first-order valence-corrected chi connectivity index (χ1v) is 5.12. The van der Waals surface area contributed by atoms with Gasteiger partial charge >= 0.3 is 5.69 Å². The maximum absolute atomic E-state index is 11.2. The number of halogens is 1. The van der Waals surface area contributed by atoms with E-state index in [1.54, 1.807) is 0 Å². The van der Waals surface area contributed by atoms with Crippen molar-refractivity contribution in [2.24, 2.45) is 0 Å². The highest BCUT2D eigenvalue weighted by atomic mass is 127. The van der Waals surface area contributed by atoms with Gasteiger partial charge in [-0.05, 0) is 0 Å². The fraction of sp³-hybridized carbons (Fsp3) is 0.429. The summed E-state index contributed by atoms with van der Waals surface area (Å²) in [4.78, 5) is 26.5. The van der Waals surface area contributed by atoms with E-state index in [9.17, 15) is 9.59 Å². The minimum atomic E-state index is -0.503. The molecule has 0 spiro atoms. The lowest BCUT2D eigenvalue weighted by Gasteiger charge is -2.09. The van der Waals surface area contributed by atoms with Crippen LogP contribution < -0.4 is 11.2 Å². The number of nitrogens with one attached hydrogen (secondary N) is 2. The number of hydrogen-bond donors (Lipinski definition) is 2. The van der Waals surface area contributed by atoms with E-state index in [1.165, 1.54) is 13.3 Å². The molecule has 1 aromatic heterocycles. The van der Waals surface area contributed by atoms with Gasteiger partial charge in [-0.25, -0.2) is 4.79 Å². The van der Waals surface area contributed by atoms with Gasteiger partial charge in [0.05, 0.1) is 11.7 Å². The van der Waals surface area contributed by atoms with Crippen molar-refractivity contribution in [1.29, 1.82) is 0 Å². The molecule has 1 unspecified atom stereocenters. The lowest BCUT2D eigenvalue weighted by Crippen LogP contribution is -2.27. The highest BCUT2D eigenvalue weighted by Gasteiger charge is 2.12. The summed E-state index contributed by atoms with van der Waals surface area (Å²) in [6.45, 7) is 0. The summed E-state index contributed by atoms with van der Waals surface area (Å²) < 4.78 is 5.71. The van der Waals surface area contributed by atoms with Gasteiger partial charge in [-0.2, -0.15) is 0 Å². The number of alkyl halides is 1. The lowest BCUT2D eigenvalue weighted by molar-refractivity contribution is 0.124. The molecule has 0 aromatic carbocycles. The summed E-state index contributed by atoms with van der Waals surface area (Å²) in [5.41, 5.74) is -0.458. The van der Waals surface area contributed by atoms with Crippen molar-refractivity contribution in [3.63, 3.8) is 0 Å². The molecule has 2 N–H and O–H groups in total. The van der Waals surface area contributed by atoms with Gasteiger partial charge in [0, 0.05) is 17.7 Å². The number of ether oxygens (including phenoxy) is 1. The number of H-pyrrole nitrogens is 2. The summed E-state index contributed by atoms with van der Waals surface area (Å²) in [6.07, 6.45) is 1.11. The predicted octanol–water partition coefficient (Wildman–Crippen LogP) is 0.186. The first kappa shape index (κ1) is 10.5. The average Bonchev–Trinajstić information content (AvgIpc) is 2.10. The van der Waals surface area contributed by atoms with E-state index in [4.69, 9.17) is 4.74 Å². The van der Waals surface area contributed by atoms with Crippen molar-refractivity contribution >= 4 is 22.6 Å². The van der Waals surface area contributed by atoms with E-state index >= 15 is 0 Å². The molecule has 5 nitrogen and oxygen atoms in total. The standard InChI is InChI=1S/C7H9IN2O3/c1-13-5(2-8)4-3-9-7(12)10-6(4)11/h3,5H,2H2,1H3,(H2,9,10,11,12). The van der Waals surface area contributed by atoms with Crippen molar-refractivity contribution in [3.8, 4) is 0 Å². The van der Waals surface area contributed by atoms with Crippen LogP contribution >= 0.6 is 22.6 Å². The summed E-state index contributed by atoms with van der Waals surface area (Å²) >= 11 is 2.11. The van der Waals surface area contributed by atoms with E-state index in [0.29, 0.717) is 9.99 Å². The Balaban J connectivity index is 3.14. The van der Waals surface area contributed by atoms with Crippen LogP contribution in [0.25, 0.3) is 0 Å². The van der Waals surface area contributed by atoms with Crippen molar-refractivity contribution in [2.75, 3.05) is 11.5 Å². The summed E-state index contributed by atoms with van der Waals surface area (Å²) in [6, 6.07) is 0. The van der Waals surface area contributed by atoms with Crippen LogP contribution in [-0.4, -0.2) is 21.5 Å². The minimum absolute atomic E-state index is 0.277. The van der Waals surface area contributed by atoms with E-state index in [2.05, 4.69) is 32.6 Å². The summed E-state index contributed by atoms with van der Waals surface area (Å²) in [5, 5.41) is 0. The maximum Gasteiger partial charge on any atom is 0.325 e. The van der Waals surface area contributed by atoms with Crippen LogP contribution in [0.15, 0.2) is 15.8 Å². The molecule has 1 rings (SSSR count). The second-order valence-corrected chi connectivity index (χ2v) is 3.29. The SMILES string of the molecule is COC(CI)c1c[nH]c(=O)[nH]c1=O. The third-order valence-corrected chi connectivity index (χ3v) is 2.42. The monoisotopic (exact) mass is 296 g/mol. The quantitative estimate of drug-likeness (QED) is 0.617. The number of aromatic nitrogens is 2. The van der Waals surface area contributed by atoms with E-state index in [1.807, 2.05) is 0 Å². The molecule has 1 aromatic rings. The molecule has 1 atom stereocenters. The third kappa shape index (κ3) is 2.41. The zero-order chi connectivity index (χ0) is 9.84. The Kier molecular flexibility index (Phi) is 3.67. The van der Waals surface area contributed by atoms with Crippen molar-refractivity contribution in [2.45, 2.75) is 6.10 Å². The van der Waals surface area contributed by atoms with Crippen LogP contribution in [-0.2, 0) is 4.74 Å². The van der Waals surface area contributed by atoms with Crippen LogP contribution in [0.3, 0.4) is 0 Å². The second-order valence-electron chi connectivity index (χ2n) is 2.41. The van der Waals surface area contributed by atoms with Crippen LogP contribution in [0, 0.1) is 0 Å². The molecule has 72 valence electrons. The van der Waals surface area contributed by atoms with Gasteiger partial charge in [-0.3, -0.25) is 9.78 Å². The molecule has 0 aliphatic rings. The van der Waals surface area contributed by atoms with E-state index < -0.39 is 11.2 Å². The van der Waals surface area contributed by atoms with Gasteiger partial charge in [0.25, 0.3) is 5.56 Å². The normalized spacial score (nSPS) is 12.8. The van der Waals surface area contributed by atoms with E-state index in [0.717, 1.165) is 0 Å². The zero-order valence-corrected chi connectivity index (χ0v) is 9.12. The van der Waals surface area contributed by atoms with Gasteiger partial charge in [-0.15, -0.1) is 0 Å². The fourth-order valence-corrected chi connectivity index (χ4v) is 1.77. The molecular formula is C7H9IN2O3. The first-order chi connectivity index (χ1) is 6.19. The Hall–Kier alpha value is -0.630. The summed E-state index contributed by atoms with van der Waals surface area (Å²) in [7, 11) is 1.52. The Morgan fingerprint density at radius 2 is 2.31 bits per heavy atom. The van der Waals surface area contributed by atoms with Gasteiger partial charge in [0.1, 0.15) is 0 Å². The van der Waals surface area contributed by atoms with Crippen LogP contribution in [0.4, 0.5) is 0 Å². The molecular weight excluding hydrogens is 287 g/mol.